The van der Waals surface area contributed by atoms with E-state index < -0.39 is 5.97 Å². The zero-order valence-electron chi connectivity index (χ0n) is 9.02. The Bertz CT molecular complexity index is 412. The average molecular weight is 221 g/mol. The van der Waals surface area contributed by atoms with Crippen LogP contribution >= 0.6 is 0 Å². The number of nitrogens with one attached hydrogen (secondary N) is 1. The fourth-order valence-corrected chi connectivity index (χ4v) is 0.750. The summed E-state index contributed by atoms with van der Waals surface area (Å²) in [6.45, 7) is 5.65. The van der Waals surface area contributed by atoms with Crippen LogP contribution < -0.4 is 5.32 Å². The first-order chi connectivity index (χ1) is 7.56. The van der Waals surface area contributed by atoms with E-state index >= 15 is 0 Å². The van der Waals surface area contributed by atoms with E-state index in [0.717, 1.165) is 12.7 Å². The molecule has 84 valence electrons. The van der Waals surface area contributed by atoms with Gasteiger partial charge >= 0.3 is 5.97 Å². The number of nitrogens with zero attached hydrogens (tertiary/aromatic N) is 4. The summed E-state index contributed by atoms with van der Waals surface area (Å²) < 4.78 is 4.37. The Kier molecular flexibility index (Phi) is 5.86. The van der Waals surface area contributed by atoms with Crippen molar-refractivity contribution in [3.05, 3.63) is 34.0 Å². The second-order valence-corrected chi connectivity index (χ2v) is 2.83. The van der Waals surface area contributed by atoms with Crippen molar-refractivity contribution in [3.8, 4) is 6.07 Å². The highest BCUT2D eigenvalue weighted by molar-refractivity contribution is 5.93. The lowest BCUT2D eigenvalue weighted by atomic mass is 10.3. The molecule has 0 aliphatic carbocycles. The van der Waals surface area contributed by atoms with Gasteiger partial charge in [0, 0.05) is 11.5 Å². The molecule has 0 spiro atoms. The first kappa shape index (κ1) is 13.6. The number of azide groups is 1. The summed E-state index contributed by atoms with van der Waals surface area (Å²) >= 11 is 0. The van der Waals surface area contributed by atoms with Crippen LogP contribution in [0.5, 0.6) is 0 Å². The molecule has 0 bridgehead atoms. The highest BCUT2D eigenvalue weighted by Crippen LogP contribution is 2.05. The Labute approximate surface area is 92.6 Å². The second kappa shape index (κ2) is 6.92. The Morgan fingerprint density at radius 1 is 1.75 bits per heavy atom. The van der Waals surface area contributed by atoms with E-state index in [1.807, 2.05) is 0 Å². The summed E-state index contributed by atoms with van der Waals surface area (Å²) in [5.41, 5.74) is 8.68. The molecule has 0 unspecified atom stereocenters. The number of rotatable bonds is 5. The number of methoxy groups -OCH3 is 1. The van der Waals surface area contributed by atoms with Crippen molar-refractivity contribution in [2.24, 2.45) is 5.11 Å². The van der Waals surface area contributed by atoms with Gasteiger partial charge < -0.3 is 10.1 Å². The molecular weight excluding hydrogens is 210 g/mol. The monoisotopic (exact) mass is 221 g/mol. The topological polar surface area (TPSA) is 111 Å². The van der Waals surface area contributed by atoms with Crippen LogP contribution in [0.15, 0.2) is 28.7 Å². The predicted molar refractivity (Wildman–Crippen MR) is 56.6 cm³/mol. The third-order valence-corrected chi connectivity index (χ3v) is 1.44. The van der Waals surface area contributed by atoms with Crippen LogP contribution in [0.2, 0.25) is 0 Å². The molecule has 0 amide bonds. The van der Waals surface area contributed by atoms with E-state index in [0.29, 0.717) is 0 Å². The molecule has 0 rings (SSSR count). The van der Waals surface area contributed by atoms with Gasteiger partial charge in [-0.05, 0) is 17.6 Å². The molecule has 0 aliphatic heterocycles. The summed E-state index contributed by atoms with van der Waals surface area (Å²) in [4.78, 5) is 13.7. The van der Waals surface area contributed by atoms with Gasteiger partial charge in [0.15, 0.2) is 5.57 Å². The van der Waals surface area contributed by atoms with Crippen LogP contribution in [0.3, 0.4) is 0 Å². The molecule has 0 radical (unpaired) electrons. The van der Waals surface area contributed by atoms with Crippen molar-refractivity contribution in [3.63, 3.8) is 0 Å². The average Bonchev–Trinajstić information content (AvgIpc) is 2.26. The van der Waals surface area contributed by atoms with E-state index in [-0.39, 0.29) is 17.9 Å². The molecule has 0 heterocycles. The molecule has 0 fully saturated rings. The van der Waals surface area contributed by atoms with Gasteiger partial charge in [0.1, 0.15) is 11.9 Å². The zero-order valence-corrected chi connectivity index (χ0v) is 9.02. The quantitative estimate of drug-likeness (QED) is 0.144. The summed E-state index contributed by atoms with van der Waals surface area (Å²) in [6.07, 6.45) is 0. The maximum Gasteiger partial charge on any atom is 0.350 e. The van der Waals surface area contributed by atoms with E-state index in [9.17, 15) is 4.79 Å². The number of nitriles is 1. The maximum atomic E-state index is 11.2. The van der Waals surface area contributed by atoms with Gasteiger partial charge in [0.2, 0.25) is 0 Å². The van der Waals surface area contributed by atoms with E-state index in [1.165, 1.54) is 0 Å². The van der Waals surface area contributed by atoms with Gasteiger partial charge in [-0.1, -0.05) is 12.2 Å². The van der Waals surface area contributed by atoms with Crippen molar-refractivity contribution in [2.75, 3.05) is 13.7 Å². The van der Waals surface area contributed by atoms with Gasteiger partial charge in [0.05, 0.1) is 7.11 Å². The molecule has 16 heavy (non-hydrogen) atoms. The lowest BCUT2D eigenvalue weighted by Crippen LogP contribution is -2.19. The van der Waals surface area contributed by atoms with Crippen molar-refractivity contribution in [1.29, 1.82) is 5.26 Å². The van der Waals surface area contributed by atoms with Crippen LogP contribution in [-0.2, 0) is 9.53 Å². The van der Waals surface area contributed by atoms with Crippen LogP contribution in [0, 0.1) is 11.3 Å². The molecule has 0 saturated heterocycles. The minimum absolute atomic E-state index is 0.167. The van der Waals surface area contributed by atoms with Gasteiger partial charge in [-0.3, -0.25) is 0 Å². The molecular formula is C9H11N5O2. The van der Waals surface area contributed by atoms with Gasteiger partial charge in [-0.25, -0.2) is 4.79 Å². The number of carbonyl (C=O) groups excluding carboxylic acids is 1. The van der Waals surface area contributed by atoms with E-state index in [4.69, 9.17) is 10.8 Å². The van der Waals surface area contributed by atoms with Crippen molar-refractivity contribution in [2.45, 2.75) is 6.92 Å². The SMILES string of the molecule is C=C(C)CN/C(N=[N+]=[N-])=C(/C#N)C(=O)OC. The Morgan fingerprint density at radius 2 is 2.38 bits per heavy atom. The van der Waals surface area contributed by atoms with Crippen LogP contribution in [0.1, 0.15) is 6.92 Å². The van der Waals surface area contributed by atoms with Gasteiger partial charge in [-0.15, -0.1) is 0 Å². The Morgan fingerprint density at radius 3 is 2.75 bits per heavy atom. The summed E-state index contributed by atoms with van der Waals surface area (Å²) in [7, 11) is 1.13. The third-order valence-electron chi connectivity index (χ3n) is 1.44. The highest BCUT2D eigenvalue weighted by atomic mass is 16.5. The molecule has 7 nitrogen and oxygen atoms in total. The minimum Gasteiger partial charge on any atom is -0.465 e. The van der Waals surface area contributed by atoms with E-state index in [2.05, 4.69) is 26.7 Å². The number of ether oxygens (including phenoxy) is 1. The standard InChI is InChI=1S/C9H11N5O2/c1-6(2)5-12-8(13-14-11)7(4-10)9(15)16-3/h12H,1,5H2,2-3H3/b8-7+. The van der Waals surface area contributed by atoms with Gasteiger partial charge in [0.25, 0.3) is 0 Å². The highest BCUT2D eigenvalue weighted by Gasteiger charge is 2.14. The molecule has 0 atom stereocenters. The normalized spacial score (nSPS) is 10.3. The molecule has 0 aromatic carbocycles. The fourth-order valence-electron chi connectivity index (χ4n) is 0.750. The molecule has 7 heteroatoms. The smallest absolute Gasteiger partial charge is 0.350 e. The van der Waals surface area contributed by atoms with Crippen LogP contribution in [-0.4, -0.2) is 19.6 Å². The second-order valence-electron chi connectivity index (χ2n) is 2.83. The van der Waals surface area contributed by atoms with Crippen molar-refractivity contribution in [1.82, 2.24) is 5.32 Å². The molecule has 0 aromatic heterocycles. The third kappa shape index (κ3) is 4.17. The number of hydrogen-bond acceptors (Lipinski definition) is 5. The zero-order chi connectivity index (χ0) is 12.6. The fraction of sp³-hybridized carbons (Fsp3) is 0.333. The summed E-state index contributed by atoms with van der Waals surface area (Å²) in [5, 5.41) is 14.6. The number of esters is 1. The van der Waals surface area contributed by atoms with Crippen molar-refractivity contribution < 1.29 is 9.53 Å². The van der Waals surface area contributed by atoms with Gasteiger partial charge in [-0.2, -0.15) is 5.26 Å². The molecule has 0 aliphatic rings. The summed E-state index contributed by atoms with van der Waals surface area (Å²) in [6, 6.07) is 1.61. The molecule has 0 aromatic rings. The molecule has 0 saturated carbocycles. The predicted octanol–water partition coefficient (Wildman–Crippen LogP) is 1.37. The maximum absolute atomic E-state index is 11.2. The number of carbonyl (C=O) groups is 1. The molecule has 1 N–H and O–H groups in total. The Balaban J connectivity index is 5.18. The van der Waals surface area contributed by atoms with Crippen LogP contribution in [0.25, 0.3) is 10.4 Å². The first-order valence-electron chi connectivity index (χ1n) is 4.22. The summed E-state index contributed by atoms with van der Waals surface area (Å²) in [5.74, 6) is -1.03. The number of hydrogen-bond donors (Lipinski definition) is 1. The Hall–Kier alpha value is -2.45. The lowest BCUT2D eigenvalue weighted by Gasteiger charge is -2.07. The minimum atomic E-state index is -0.862. The lowest BCUT2D eigenvalue weighted by molar-refractivity contribution is -0.135. The van der Waals surface area contributed by atoms with Crippen LogP contribution in [0.4, 0.5) is 0 Å². The first-order valence-corrected chi connectivity index (χ1v) is 4.22. The van der Waals surface area contributed by atoms with Crippen molar-refractivity contribution >= 4 is 5.97 Å². The largest absolute Gasteiger partial charge is 0.465 e. The van der Waals surface area contributed by atoms with E-state index in [1.54, 1.807) is 13.0 Å².